The number of methoxy groups -OCH3 is 3. The number of nitrogens with one attached hydrogen (secondary N) is 1. The van der Waals surface area contributed by atoms with Gasteiger partial charge in [-0.1, -0.05) is 30.3 Å². The van der Waals surface area contributed by atoms with Crippen LogP contribution in [0.3, 0.4) is 0 Å². The Morgan fingerprint density at radius 1 is 0.857 bits per heavy atom. The molecule has 0 unspecified atom stereocenters. The molecule has 0 spiro atoms. The minimum absolute atomic E-state index is 0.674. The summed E-state index contributed by atoms with van der Waals surface area (Å²) in [6.07, 6.45) is 0.996. The van der Waals surface area contributed by atoms with Crippen LogP contribution in [-0.2, 0) is 22.6 Å². The lowest BCUT2D eigenvalue weighted by Gasteiger charge is -2.14. The Hall–Kier alpha value is -3.26. The molecule has 2 aromatic rings. The number of carboxylic acid groups (broad SMARTS) is 2. The van der Waals surface area contributed by atoms with Crippen molar-refractivity contribution >= 4 is 11.9 Å². The Labute approximate surface area is 163 Å². The van der Waals surface area contributed by atoms with E-state index in [0.717, 1.165) is 30.8 Å². The fraction of sp³-hybridized carbons (Fsp3) is 0.300. The van der Waals surface area contributed by atoms with E-state index in [-0.39, 0.29) is 0 Å². The molecule has 0 saturated carbocycles. The molecule has 2 aromatic carbocycles. The molecule has 0 aromatic heterocycles. The molecule has 0 aliphatic carbocycles. The second-order valence-corrected chi connectivity index (χ2v) is 5.54. The first-order valence-corrected chi connectivity index (χ1v) is 8.42. The summed E-state index contributed by atoms with van der Waals surface area (Å²) in [5.41, 5.74) is 2.38. The summed E-state index contributed by atoms with van der Waals surface area (Å²) in [4.78, 5) is 18.2. The van der Waals surface area contributed by atoms with E-state index >= 15 is 0 Å². The summed E-state index contributed by atoms with van der Waals surface area (Å²) in [5.74, 6) is -1.47. The van der Waals surface area contributed by atoms with E-state index in [1.54, 1.807) is 21.3 Å². The van der Waals surface area contributed by atoms with Gasteiger partial charge in [-0.25, -0.2) is 9.59 Å². The zero-order valence-corrected chi connectivity index (χ0v) is 16.1. The lowest BCUT2D eigenvalue weighted by molar-refractivity contribution is -0.159. The third kappa shape index (κ3) is 7.55. The van der Waals surface area contributed by atoms with Crippen molar-refractivity contribution < 1.29 is 34.0 Å². The van der Waals surface area contributed by atoms with Crippen LogP contribution in [0.25, 0.3) is 0 Å². The van der Waals surface area contributed by atoms with Crippen molar-refractivity contribution in [3.8, 4) is 17.2 Å². The van der Waals surface area contributed by atoms with Gasteiger partial charge in [0.1, 0.15) is 5.75 Å². The van der Waals surface area contributed by atoms with Crippen LogP contribution >= 0.6 is 0 Å². The standard InChI is InChI=1S/C18H23NO3.C2H2O4/c1-20-16-12-18(22-3)17(21-2)11-15(16)13-19-10-9-14-7-5-4-6-8-14;3-1(4)2(5)6/h4-8,11-12,19H,9-10,13H2,1-3H3;(H,3,4)(H,5,6). The molecule has 2 rings (SSSR count). The van der Waals surface area contributed by atoms with E-state index in [0.29, 0.717) is 11.5 Å². The molecule has 0 aliphatic heterocycles. The number of ether oxygens (including phenoxy) is 3. The van der Waals surface area contributed by atoms with Gasteiger partial charge in [0, 0.05) is 18.2 Å². The van der Waals surface area contributed by atoms with Gasteiger partial charge in [0.25, 0.3) is 0 Å². The van der Waals surface area contributed by atoms with E-state index in [2.05, 4.69) is 29.6 Å². The average Bonchev–Trinajstić information content (AvgIpc) is 2.71. The average molecular weight is 391 g/mol. The maximum absolute atomic E-state index is 9.10. The van der Waals surface area contributed by atoms with Crippen LogP contribution in [-0.4, -0.2) is 50.0 Å². The van der Waals surface area contributed by atoms with Crippen molar-refractivity contribution in [2.75, 3.05) is 27.9 Å². The number of carbonyl (C=O) groups is 2. The van der Waals surface area contributed by atoms with E-state index in [9.17, 15) is 0 Å². The van der Waals surface area contributed by atoms with Gasteiger partial charge < -0.3 is 29.7 Å². The Balaban J connectivity index is 0.000000568. The van der Waals surface area contributed by atoms with Gasteiger partial charge >= 0.3 is 11.9 Å². The van der Waals surface area contributed by atoms with Gasteiger partial charge in [-0.3, -0.25) is 0 Å². The molecule has 0 heterocycles. The molecule has 0 saturated heterocycles. The first-order chi connectivity index (χ1) is 13.4. The lowest BCUT2D eigenvalue weighted by atomic mass is 10.1. The maximum Gasteiger partial charge on any atom is 0.414 e. The molecule has 8 heteroatoms. The predicted molar refractivity (Wildman–Crippen MR) is 103 cm³/mol. The van der Waals surface area contributed by atoms with Crippen LogP contribution in [0.1, 0.15) is 11.1 Å². The van der Waals surface area contributed by atoms with Gasteiger partial charge in [0.05, 0.1) is 21.3 Å². The van der Waals surface area contributed by atoms with Gasteiger partial charge in [0.15, 0.2) is 11.5 Å². The summed E-state index contributed by atoms with van der Waals surface area (Å²) in [7, 11) is 4.92. The molecular weight excluding hydrogens is 366 g/mol. The van der Waals surface area contributed by atoms with Gasteiger partial charge in [0.2, 0.25) is 0 Å². The molecular formula is C20H25NO7. The van der Waals surface area contributed by atoms with E-state index in [4.69, 9.17) is 34.0 Å². The summed E-state index contributed by atoms with van der Waals surface area (Å²) in [6, 6.07) is 14.2. The normalized spacial score (nSPS) is 9.68. The van der Waals surface area contributed by atoms with Gasteiger partial charge in [-0.05, 0) is 24.6 Å². The molecule has 0 bridgehead atoms. The van der Waals surface area contributed by atoms with Crippen LogP contribution in [0, 0.1) is 0 Å². The SMILES string of the molecule is COc1cc(OC)c(OC)cc1CNCCc1ccccc1.O=C(O)C(=O)O. The highest BCUT2D eigenvalue weighted by molar-refractivity contribution is 6.27. The molecule has 0 atom stereocenters. The highest BCUT2D eigenvalue weighted by Gasteiger charge is 2.11. The second kappa shape index (κ2) is 12.2. The first-order valence-electron chi connectivity index (χ1n) is 8.42. The van der Waals surface area contributed by atoms with Crippen LogP contribution in [0.15, 0.2) is 42.5 Å². The van der Waals surface area contributed by atoms with E-state index in [1.807, 2.05) is 18.2 Å². The zero-order valence-electron chi connectivity index (χ0n) is 16.1. The van der Waals surface area contributed by atoms with Crippen molar-refractivity contribution in [2.45, 2.75) is 13.0 Å². The zero-order chi connectivity index (χ0) is 20.9. The van der Waals surface area contributed by atoms with E-state index < -0.39 is 11.9 Å². The highest BCUT2D eigenvalue weighted by atomic mass is 16.5. The number of rotatable bonds is 8. The third-order valence-electron chi connectivity index (χ3n) is 3.72. The predicted octanol–water partition coefficient (Wildman–Crippen LogP) is 2.20. The molecule has 152 valence electrons. The minimum atomic E-state index is -1.82. The van der Waals surface area contributed by atoms with Crippen LogP contribution in [0.2, 0.25) is 0 Å². The fourth-order valence-electron chi connectivity index (χ4n) is 2.33. The number of hydrogen-bond donors (Lipinski definition) is 3. The maximum atomic E-state index is 9.10. The molecule has 0 amide bonds. The fourth-order valence-corrected chi connectivity index (χ4v) is 2.33. The van der Waals surface area contributed by atoms with Crippen molar-refractivity contribution in [3.63, 3.8) is 0 Å². The van der Waals surface area contributed by atoms with Crippen molar-refractivity contribution in [3.05, 3.63) is 53.6 Å². The Bertz CT molecular complexity index is 751. The van der Waals surface area contributed by atoms with Crippen molar-refractivity contribution in [2.24, 2.45) is 0 Å². The summed E-state index contributed by atoms with van der Waals surface area (Å²) >= 11 is 0. The molecule has 28 heavy (non-hydrogen) atoms. The Morgan fingerprint density at radius 2 is 1.39 bits per heavy atom. The summed E-state index contributed by atoms with van der Waals surface area (Å²) in [6.45, 7) is 1.62. The first kappa shape index (κ1) is 22.8. The van der Waals surface area contributed by atoms with Crippen LogP contribution < -0.4 is 19.5 Å². The molecule has 0 fully saturated rings. The van der Waals surface area contributed by atoms with Crippen LogP contribution in [0.5, 0.6) is 17.2 Å². The van der Waals surface area contributed by atoms with Gasteiger partial charge in [-0.2, -0.15) is 0 Å². The smallest absolute Gasteiger partial charge is 0.414 e. The van der Waals surface area contributed by atoms with Crippen molar-refractivity contribution in [1.82, 2.24) is 5.32 Å². The number of aliphatic carboxylic acids is 2. The number of carboxylic acids is 2. The van der Waals surface area contributed by atoms with Gasteiger partial charge in [-0.15, -0.1) is 0 Å². The molecule has 0 aliphatic rings. The quantitative estimate of drug-likeness (QED) is 0.463. The molecule has 3 N–H and O–H groups in total. The highest BCUT2D eigenvalue weighted by Crippen LogP contribution is 2.34. The molecule has 8 nitrogen and oxygen atoms in total. The second-order valence-electron chi connectivity index (χ2n) is 5.54. The molecule has 0 radical (unpaired) electrons. The minimum Gasteiger partial charge on any atom is -0.496 e. The topological polar surface area (TPSA) is 114 Å². The van der Waals surface area contributed by atoms with Crippen molar-refractivity contribution in [1.29, 1.82) is 0 Å². The summed E-state index contributed by atoms with van der Waals surface area (Å²) < 4.78 is 16.1. The number of hydrogen-bond acceptors (Lipinski definition) is 6. The van der Waals surface area contributed by atoms with E-state index in [1.165, 1.54) is 5.56 Å². The third-order valence-corrected chi connectivity index (χ3v) is 3.72. The monoisotopic (exact) mass is 391 g/mol. The Kier molecular flexibility index (Phi) is 9.91. The largest absolute Gasteiger partial charge is 0.496 e. The lowest BCUT2D eigenvalue weighted by Crippen LogP contribution is -2.17. The number of benzene rings is 2. The Morgan fingerprint density at radius 3 is 1.89 bits per heavy atom. The summed E-state index contributed by atoms with van der Waals surface area (Å²) in [5, 5.41) is 18.2. The van der Waals surface area contributed by atoms with Crippen LogP contribution in [0.4, 0.5) is 0 Å².